The van der Waals surface area contributed by atoms with E-state index in [1.807, 2.05) is 18.2 Å². The molecule has 16 heavy (non-hydrogen) atoms. The van der Waals surface area contributed by atoms with E-state index in [0.717, 1.165) is 25.7 Å². The van der Waals surface area contributed by atoms with Crippen molar-refractivity contribution >= 4 is 5.78 Å². The lowest BCUT2D eigenvalue weighted by atomic mass is 9.96. The van der Waals surface area contributed by atoms with Crippen LogP contribution in [0.4, 0.5) is 0 Å². The molecule has 1 aromatic rings. The molecule has 0 radical (unpaired) electrons. The van der Waals surface area contributed by atoms with Crippen molar-refractivity contribution in [2.75, 3.05) is 6.54 Å². The maximum atomic E-state index is 11.9. The van der Waals surface area contributed by atoms with Gasteiger partial charge in [0.25, 0.3) is 0 Å². The van der Waals surface area contributed by atoms with E-state index in [9.17, 15) is 4.79 Å². The Balaban J connectivity index is 1.75. The van der Waals surface area contributed by atoms with Crippen molar-refractivity contribution in [3.8, 4) is 0 Å². The van der Waals surface area contributed by atoms with E-state index in [1.54, 1.807) is 0 Å². The van der Waals surface area contributed by atoms with Gasteiger partial charge in [-0.15, -0.1) is 0 Å². The van der Waals surface area contributed by atoms with Crippen molar-refractivity contribution in [3.05, 3.63) is 35.9 Å². The highest BCUT2D eigenvalue weighted by molar-refractivity contribution is 5.87. The molecule has 2 rings (SSSR count). The lowest BCUT2D eigenvalue weighted by molar-refractivity contribution is -0.123. The molecule has 0 unspecified atom stereocenters. The quantitative estimate of drug-likeness (QED) is 0.794. The summed E-state index contributed by atoms with van der Waals surface area (Å²) in [4.78, 5) is 11.9. The molecule has 1 aromatic carbocycles. The minimum Gasteiger partial charge on any atom is -0.329 e. The van der Waals surface area contributed by atoms with Gasteiger partial charge in [-0.05, 0) is 31.2 Å². The zero-order valence-electron chi connectivity index (χ0n) is 9.61. The fraction of sp³-hybridized carbons (Fsp3) is 0.500. The predicted octanol–water partition coefficient (Wildman–Crippen LogP) is 2.32. The third kappa shape index (κ3) is 2.50. The summed E-state index contributed by atoms with van der Waals surface area (Å²) < 4.78 is 0. The Bertz CT molecular complexity index is 354. The van der Waals surface area contributed by atoms with E-state index in [4.69, 9.17) is 5.73 Å². The van der Waals surface area contributed by atoms with Crippen LogP contribution in [0, 0.1) is 5.41 Å². The number of benzene rings is 1. The molecule has 0 atom stereocenters. The monoisotopic (exact) mass is 217 g/mol. The molecule has 0 amide bonds. The van der Waals surface area contributed by atoms with E-state index in [-0.39, 0.29) is 5.41 Å². The topological polar surface area (TPSA) is 43.1 Å². The summed E-state index contributed by atoms with van der Waals surface area (Å²) in [6.45, 7) is 0.539. The molecule has 0 spiro atoms. The van der Waals surface area contributed by atoms with Gasteiger partial charge in [0.1, 0.15) is 5.78 Å². The Morgan fingerprint density at radius 2 is 1.94 bits per heavy atom. The Hall–Kier alpha value is -1.15. The molecular formula is C14H19NO. The Morgan fingerprint density at radius 1 is 1.25 bits per heavy atom. The van der Waals surface area contributed by atoms with Gasteiger partial charge >= 0.3 is 0 Å². The molecule has 2 heteroatoms. The lowest BCUT2D eigenvalue weighted by Gasteiger charge is -2.10. The molecule has 1 fully saturated rings. The van der Waals surface area contributed by atoms with Crippen LogP contribution in [-0.2, 0) is 11.2 Å². The third-order valence-electron chi connectivity index (χ3n) is 3.55. The van der Waals surface area contributed by atoms with Crippen molar-refractivity contribution < 1.29 is 4.79 Å². The Kier molecular flexibility index (Phi) is 3.39. The first-order valence-electron chi connectivity index (χ1n) is 6.04. The van der Waals surface area contributed by atoms with Crippen LogP contribution in [-0.4, -0.2) is 12.3 Å². The fourth-order valence-electron chi connectivity index (χ4n) is 2.11. The smallest absolute Gasteiger partial charge is 0.140 e. The van der Waals surface area contributed by atoms with Crippen LogP contribution in [0.3, 0.4) is 0 Å². The SMILES string of the molecule is NCC1(C(=O)CCCc2ccccc2)CC1. The van der Waals surface area contributed by atoms with Gasteiger partial charge < -0.3 is 5.73 Å². The van der Waals surface area contributed by atoms with Gasteiger partial charge in [0.05, 0.1) is 0 Å². The van der Waals surface area contributed by atoms with Gasteiger partial charge in [-0.2, -0.15) is 0 Å². The highest BCUT2D eigenvalue weighted by Gasteiger charge is 2.47. The number of carbonyl (C=O) groups excluding carboxylic acids is 1. The average Bonchev–Trinajstić information content (AvgIpc) is 3.11. The second kappa shape index (κ2) is 4.79. The first-order chi connectivity index (χ1) is 7.77. The molecule has 2 nitrogen and oxygen atoms in total. The number of Topliss-reactive ketones (excluding diaryl/α,β-unsaturated/α-hetero) is 1. The van der Waals surface area contributed by atoms with Gasteiger partial charge in [-0.3, -0.25) is 4.79 Å². The van der Waals surface area contributed by atoms with Crippen LogP contribution in [0.25, 0.3) is 0 Å². The summed E-state index contributed by atoms with van der Waals surface area (Å²) in [7, 11) is 0. The third-order valence-corrected chi connectivity index (χ3v) is 3.55. The van der Waals surface area contributed by atoms with Crippen LogP contribution in [0.15, 0.2) is 30.3 Å². The van der Waals surface area contributed by atoms with Gasteiger partial charge in [-0.25, -0.2) is 0 Å². The lowest BCUT2D eigenvalue weighted by Crippen LogP contribution is -2.25. The van der Waals surface area contributed by atoms with Crippen LogP contribution in [0.1, 0.15) is 31.2 Å². The molecule has 2 N–H and O–H groups in total. The number of rotatable bonds is 6. The maximum absolute atomic E-state index is 11.9. The summed E-state index contributed by atoms with van der Waals surface area (Å²) in [6, 6.07) is 10.3. The van der Waals surface area contributed by atoms with Crippen molar-refractivity contribution in [3.63, 3.8) is 0 Å². The number of carbonyl (C=O) groups is 1. The minimum atomic E-state index is -0.114. The van der Waals surface area contributed by atoms with Crippen molar-refractivity contribution in [2.24, 2.45) is 11.1 Å². The molecule has 1 saturated carbocycles. The molecular weight excluding hydrogens is 198 g/mol. The molecule has 1 aliphatic rings. The van der Waals surface area contributed by atoms with E-state index >= 15 is 0 Å². The minimum absolute atomic E-state index is 0.114. The predicted molar refractivity (Wildman–Crippen MR) is 65.1 cm³/mol. The Labute approximate surface area is 96.8 Å². The molecule has 0 saturated heterocycles. The fourth-order valence-corrected chi connectivity index (χ4v) is 2.11. The number of hydrogen-bond acceptors (Lipinski definition) is 2. The molecule has 1 aliphatic carbocycles. The molecule has 0 aromatic heterocycles. The van der Waals surface area contributed by atoms with Crippen LogP contribution in [0.2, 0.25) is 0 Å². The van der Waals surface area contributed by atoms with Crippen molar-refractivity contribution in [1.29, 1.82) is 0 Å². The Morgan fingerprint density at radius 3 is 2.50 bits per heavy atom. The summed E-state index contributed by atoms with van der Waals surface area (Å²) >= 11 is 0. The van der Waals surface area contributed by atoms with Crippen molar-refractivity contribution in [2.45, 2.75) is 32.1 Å². The average molecular weight is 217 g/mol. The zero-order valence-corrected chi connectivity index (χ0v) is 9.61. The van der Waals surface area contributed by atoms with E-state index in [1.165, 1.54) is 5.56 Å². The van der Waals surface area contributed by atoms with E-state index in [0.29, 0.717) is 18.7 Å². The molecule has 0 heterocycles. The highest BCUT2D eigenvalue weighted by atomic mass is 16.1. The summed E-state index contributed by atoms with van der Waals surface area (Å²) in [5, 5.41) is 0. The van der Waals surface area contributed by atoms with E-state index < -0.39 is 0 Å². The maximum Gasteiger partial charge on any atom is 0.140 e. The van der Waals surface area contributed by atoms with Gasteiger partial charge in [0.2, 0.25) is 0 Å². The van der Waals surface area contributed by atoms with E-state index in [2.05, 4.69) is 12.1 Å². The summed E-state index contributed by atoms with van der Waals surface area (Å²) in [6.07, 6.45) is 4.64. The summed E-state index contributed by atoms with van der Waals surface area (Å²) in [5.74, 6) is 0.380. The summed E-state index contributed by atoms with van der Waals surface area (Å²) in [5.41, 5.74) is 6.83. The highest BCUT2D eigenvalue weighted by Crippen LogP contribution is 2.46. The number of hydrogen-bond donors (Lipinski definition) is 1. The second-order valence-corrected chi connectivity index (χ2v) is 4.75. The van der Waals surface area contributed by atoms with Gasteiger partial charge in [0.15, 0.2) is 0 Å². The van der Waals surface area contributed by atoms with Gasteiger partial charge in [0, 0.05) is 18.4 Å². The van der Waals surface area contributed by atoms with Crippen LogP contribution >= 0.6 is 0 Å². The van der Waals surface area contributed by atoms with Gasteiger partial charge in [-0.1, -0.05) is 30.3 Å². The van der Waals surface area contributed by atoms with Crippen LogP contribution < -0.4 is 5.73 Å². The normalized spacial score (nSPS) is 17.1. The standard InChI is InChI=1S/C14H19NO/c15-11-14(9-10-14)13(16)8-4-7-12-5-2-1-3-6-12/h1-3,5-6H,4,7-11,15H2. The molecule has 0 bridgehead atoms. The zero-order chi connectivity index (χ0) is 11.4. The van der Waals surface area contributed by atoms with Crippen molar-refractivity contribution in [1.82, 2.24) is 0 Å². The second-order valence-electron chi connectivity index (χ2n) is 4.75. The number of nitrogens with two attached hydrogens (primary N) is 1. The first-order valence-corrected chi connectivity index (χ1v) is 6.04. The number of ketones is 1. The first kappa shape index (κ1) is 11.3. The van der Waals surface area contributed by atoms with Crippen LogP contribution in [0.5, 0.6) is 0 Å². The largest absolute Gasteiger partial charge is 0.329 e. The molecule has 86 valence electrons. The number of aryl methyl sites for hydroxylation is 1. The molecule has 0 aliphatic heterocycles.